The minimum atomic E-state index is 0.0424. The molecule has 4 heteroatoms. The lowest BCUT2D eigenvalue weighted by molar-refractivity contribution is 0.525. The predicted molar refractivity (Wildman–Crippen MR) is 72.0 cm³/mol. The zero-order valence-electron chi connectivity index (χ0n) is 9.00. The van der Waals surface area contributed by atoms with Crippen molar-refractivity contribution in [3.05, 3.63) is 44.8 Å². The van der Waals surface area contributed by atoms with Crippen LogP contribution in [0.4, 0.5) is 0 Å². The molecule has 2 heterocycles. The van der Waals surface area contributed by atoms with Gasteiger partial charge in [0.25, 0.3) is 0 Å². The minimum absolute atomic E-state index is 0.0424. The van der Waals surface area contributed by atoms with Gasteiger partial charge in [-0.25, -0.2) is 0 Å². The smallest absolute Gasteiger partial charge is 0.0244 e. The van der Waals surface area contributed by atoms with E-state index in [1.54, 1.807) is 22.7 Å². The zero-order chi connectivity index (χ0) is 11.4. The van der Waals surface area contributed by atoms with E-state index in [4.69, 9.17) is 11.5 Å². The lowest BCUT2D eigenvalue weighted by atomic mass is 10.0. The fourth-order valence-corrected chi connectivity index (χ4v) is 3.18. The molecule has 2 nitrogen and oxygen atoms in total. The minimum Gasteiger partial charge on any atom is -0.326 e. The number of rotatable bonds is 5. The molecule has 0 aromatic carbocycles. The van der Waals surface area contributed by atoms with Crippen LogP contribution in [-0.4, -0.2) is 12.1 Å². The van der Waals surface area contributed by atoms with Crippen LogP contribution < -0.4 is 11.5 Å². The predicted octanol–water partition coefficient (Wildman–Crippen LogP) is 2.25. The van der Waals surface area contributed by atoms with Gasteiger partial charge in [-0.1, -0.05) is 12.1 Å². The second-order valence-electron chi connectivity index (χ2n) is 3.89. The van der Waals surface area contributed by atoms with Crippen LogP contribution in [0, 0.1) is 0 Å². The van der Waals surface area contributed by atoms with Crippen molar-refractivity contribution in [3.63, 3.8) is 0 Å². The topological polar surface area (TPSA) is 52.0 Å². The highest BCUT2D eigenvalue weighted by atomic mass is 32.1. The number of hydrogen-bond donors (Lipinski definition) is 2. The summed E-state index contributed by atoms with van der Waals surface area (Å²) in [5, 5.41) is 4.15. The van der Waals surface area contributed by atoms with Gasteiger partial charge in [0.15, 0.2) is 0 Å². The Balaban J connectivity index is 1.87. The first-order chi connectivity index (χ1) is 7.75. The molecule has 0 radical (unpaired) electrons. The summed E-state index contributed by atoms with van der Waals surface area (Å²) in [6, 6.07) is 8.42. The molecule has 2 aromatic rings. The third-order valence-corrected chi connectivity index (χ3v) is 4.38. The third-order valence-electron chi connectivity index (χ3n) is 2.58. The van der Waals surface area contributed by atoms with Gasteiger partial charge in [-0.2, -0.15) is 0 Å². The quantitative estimate of drug-likeness (QED) is 0.857. The van der Waals surface area contributed by atoms with Gasteiger partial charge in [-0.3, -0.25) is 0 Å². The van der Waals surface area contributed by atoms with Crippen LogP contribution in [0.3, 0.4) is 0 Å². The zero-order valence-corrected chi connectivity index (χ0v) is 10.6. The summed E-state index contributed by atoms with van der Waals surface area (Å²) in [7, 11) is 0. The maximum absolute atomic E-state index is 6.11. The Morgan fingerprint density at radius 3 is 1.62 bits per heavy atom. The molecule has 0 unspecified atom stereocenters. The van der Waals surface area contributed by atoms with Gasteiger partial charge in [0.1, 0.15) is 0 Å². The van der Waals surface area contributed by atoms with E-state index in [2.05, 4.69) is 35.0 Å². The second kappa shape index (κ2) is 5.59. The molecule has 2 aromatic heterocycles. The van der Waals surface area contributed by atoms with Gasteiger partial charge in [0.05, 0.1) is 0 Å². The SMILES string of the molecule is N[C@@H](Cc1cccs1)[C@@H](N)Cc1cccs1. The highest BCUT2D eigenvalue weighted by Gasteiger charge is 2.15. The van der Waals surface area contributed by atoms with Crippen LogP contribution in [0.25, 0.3) is 0 Å². The highest BCUT2D eigenvalue weighted by Crippen LogP contribution is 2.15. The molecule has 0 amide bonds. The van der Waals surface area contributed by atoms with Crippen LogP contribution >= 0.6 is 22.7 Å². The van der Waals surface area contributed by atoms with Crippen molar-refractivity contribution in [1.82, 2.24) is 0 Å². The summed E-state index contributed by atoms with van der Waals surface area (Å²) in [4.78, 5) is 2.63. The average Bonchev–Trinajstić information content (AvgIpc) is 2.90. The van der Waals surface area contributed by atoms with E-state index in [1.807, 2.05) is 0 Å². The second-order valence-corrected chi connectivity index (χ2v) is 5.96. The van der Waals surface area contributed by atoms with Crippen LogP contribution in [0.15, 0.2) is 35.0 Å². The molecule has 2 rings (SSSR count). The molecule has 0 aliphatic rings. The van der Waals surface area contributed by atoms with Gasteiger partial charge in [0, 0.05) is 21.8 Å². The fourth-order valence-electron chi connectivity index (χ4n) is 1.62. The van der Waals surface area contributed by atoms with E-state index in [-0.39, 0.29) is 12.1 Å². The first kappa shape index (κ1) is 11.8. The van der Waals surface area contributed by atoms with Crippen molar-refractivity contribution in [3.8, 4) is 0 Å². The number of thiophene rings is 2. The monoisotopic (exact) mass is 252 g/mol. The fraction of sp³-hybridized carbons (Fsp3) is 0.333. The summed E-state index contributed by atoms with van der Waals surface area (Å²) in [6.45, 7) is 0. The highest BCUT2D eigenvalue weighted by molar-refractivity contribution is 7.10. The van der Waals surface area contributed by atoms with Gasteiger partial charge in [0.2, 0.25) is 0 Å². The Kier molecular flexibility index (Phi) is 4.12. The van der Waals surface area contributed by atoms with E-state index >= 15 is 0 Å². The van der Waals surface area contributed by atoms with Crippen molar-refractivity contribution in [2.24, 2.45) is 11.5 Å². The van der Waals surface area contributed by atoms with E-state index < -0.39 is 0 Å². The molecule has 2 atom stereocenters. The summed E-state index contributed by atoms with van der Waals surface area (Å²) in [5.74, 6) is 0. The Morgan fingerprint density at radius 2 is 1.31 bits per heavy atom. The van der Waals surface area contributed by atoms with E-state index in [0.29, 0.717) is 0 Å². The van der Waals surface area contributed by atoms with Crippen LogP contribution in [0.2, 0.25) is 0 Å². The van der Waals surface area contributed by atoms with Crippen molar-refractivity contribution >= 4 is 22.7 Å². The molecule has 0 saturated carbocycles. The third kappa shape index (κ3) is 3.15. The molecule has 0 saturated heterocycles. The lowest BCUT2D eigenvalue weighted by Gasteiger charge is -2.18. The Bertz CT molecular complexity index is 354. The first-order valence-electron chi connectivity index (χ1n) is 5.31. The first-order valence-corrected chi connectivity index (χ1v) is 7.07. The maximum Gasteiger partial charge on any atom is 0.0244 e. The van der Waals surface area contributed by atoms with E-state index in [0.717, 1.165) is 12.8 Å². The molecule has 4 N–H and O–H groups in total. The van der Waals surface area contributed by atoms with Crippen LogP contribution in [-0.2, 0) is 12.8 Å². The Morgan fingerprint density at radius 1 is 0.875 bits per heavy atom. The molecule has 0 fully saturated rings. The van der Waals surface area contributed by atoms with Crippen molar-refractivity contribution in [2.75, 3.05) is 0 Å². The Hall–Kier alpha value is -0.680. The lowest BCUT2D eigenvalue weighted by Crippen LogP contribution is -2.44. The Labute approximate surface area is 104 Å². The van der Waals surface area contributed by atoms with Gasteiger partial charge >= 0.3 is 0 Å². The molecule has 16 heavy (non-hydrogen) atoms. The van der Waals surface area contributed by atoms with Crippen LogP contribution in [0.1, 0.15) is 9.75 Å². The molecular weight excluding hydrogens is 236 g/mol. The van der Waals surface area contributed by atoms with Crippen molar-refractivity contribution in [1.29, 1.82) is 0 Å². The summed E-state index contributed by atoms with van der Waals surface area (Å²) >= 11 is 3.49. The summed E-state index contributed by atoms with van der Waals surface area (Å²) in [6.07, 6.45) is 1.76. The molecule has 0 aliphatic carbocycles. The average molecular weight is 252 g/mol. The molecule has 0 bridgehead atoms. The van der Waals surface area contributed by atoms with E-state index in [1.165, 1.54) is 9.75 Å². The molecule has 0 spiro atoms. The number of hydrogen-bond acceptors (Lipinski definition) is 4. The molecular formula is C12H16N2S2. The van der Waals surface area contributed by atoms with E-state index in [9.17, 15) is 0 Å². The standard InChI is InChI=1S/C12H16N2S2/c13-11(7-9-3-1-5-15-9)12(14)8-10-4-2-6-16-10/h1-6,11-12H,7-8,13-14H2/t11-,12-/m0/s1. The normalized spacial score (nSPS) is 14.9. The van der Waals surface area contributed by atoms with Crippen molar-refractivity contribution in [2.45, 2.75) is 24.9 Å². The largest absolute Gasteiger partial charge is 0.326 e. The molecule has 0 aliphatic heterocycles. The van der Waals surface area contributed by atoms with Gasteiger partial charge in [-0.05, 0) is 35.7 Å². The number of nitrogens with two attached hydrogens (primary N) is 2. The molecule has 86 valence electrons. The van der Waals surface area contributed by atoms with Gasteiger partial charge in [-0.15, -0.1) is 22.7 Å². The van der Waals surface area contributed by atoms with Crippen molar-refractivity contribution < 1.29 is 0 Å². The summed E-state index contributed by atoms with van der Waals surface area (Å²) < 4.78 is 0. The summed E-state index contributed by atoms with van der Waals surface area (Å²) in [5.41, 5.74) is 12.2. The van der Waals surface area contributed by atoms with Gasteiger partial charge < -0.3 is 11.5 Å². The van der Waals surface area contributed by atoms with Crippen LogP contribution in [0.5, 0.6) is 0 Å². The maximum atomic E-state index is 6.11.